The zero-order valence-electron chi connectivity index (χ0n) is 13.8. The molecule has 0 bridgehead atoms. The molecule has 0 atom stereocenters. The second-order valence-corrected chi connectivity index (χ2v) is 7.11. The number of carbonyl (C=O) groups excluding carboxylic acids is 1. The summed E-state index contributed by atoms with van der Waals surface area (Å²) in [5, 5.41) is 0. The van der Waals surface area contributed by atoms with Gasteiger partial charge >= 0.3 is 5.97 Å². The predicted molar refractivity (Wildman–Crippen MR) is 85.3 cm³/mol. The lowest BCUT2D eigenvalue weighted by Crippen LogP contribution is -2.17. The predicted octanol–water partition coefficient (Wildman–Crippen LogP) is 3.01. The Labute approximate surface area is 132 Å². The topological polar surface area (TPSA) is 69.7 Å². The molecule has 1 aromatic carbocycles. The van der Waals surface area contributed by atoms with Crippen molar-refractivity contribution in [1.29, 1.82) is 0 Å². The van der Waals surface area contributed by atoms with Crippen molar-refractivity contribution in [2.24, 2.45) is 0 Å². The summed E-state index contributed by atoms with van der Waals surface area (Å²) in [7, 11) is -2.24. The molecular formula is C16H24O5S. The monoisotopic (exact) mass is 328 g/mol. The van der Waals surface area contributed by atoms with Gasteiger partial charge in [0.05, 0.1) is 18.8 Å². The Morgan fingerprint density at radius 2 is 1.77 bits per heavy atom. The number of aryl methyl sites for hydroxylation is 1. The second kappa shape index (κ2) is 7.63. The van der Waals surface area contributed by atoms with Crippen molar-refractivity contribution < 1.29 is 22.7 Å². The average molecular weight is 328 g/mol. The molecule has 1 rings (SSSR count). The fourth-order valence-electron chi connectivity index (χ4n) is 2.21. The molecule has 1 aromatic rings. The summed E-state index contributed by atoms with van der Waals surface area (Å²) in [6.07, 6.45) is 3.18. The molecule has 0 saturated heterocycles. The minimum absolute atomic E-state index is 0.0250. The Hall–Kier alpha value is -1.56. The highest BCUT2D eigenvalue weighted by Crippen LogP contribution is 2.30. The third-order valence-corrected chi connectivity index (χ3v) is 4.68. The number of hydrogen-bond acceptors (Lipinski definition) is 5. The first kappa shape index (κ1) is 18.5. The largest absolute Gasteiger partial charge is 0.489 e. The zero-order valence-corrected chi connectivity index (χ0v) is 14.6. The molecule has 0 amide bonds. The number of rotatable bonds is 7. The Bertz CT molecular complexity index is 630. The number of ether oxygens (including phenoxy) is 2. The molecule has 0 heterocycles. The van der Waals surface area contributed by atoms with Gasteiger partial charge in [0.2, 0.25) is 0 Å². The van der Waals surface area contributed by atoms with Crippen LogP contribution in [-0.2, 0) is 21.0 Å². The van der Waals surface area contributed by atoms with E-state index in [4.69, 9.17) is 9.47 Å². The van der Waals surface area contributed by atoms with Gasteiger partial charge in [-0.2, -0.15) is 0 Å². The molecule has 124 valence electrons. The van der Waals surface area contributed by atoms with Crippen LogP contribution in [0.3, 0.4) is 0 Å². The molecule has 0 aliphatic heterocycles. The minimum Gasteiger partial charge on any atom is -0.489 e. The molecule has 5 nitrogen and oxygen atoms in total. The van der Waals surface area contributed by atoms with Gasteiger partial charge in [-0.05, 0) is 37.0 Å². The van der Waals surface area contributed by atoms with Crippen LogP contribution in [0.4, 0.5) is 0 Å². The van der Waals surface area contributed by atoms with Crippen LogP contribution in [0.2, 0.25) is 0 Å². The molecule has 0 aromatic heterocycles. The molecule has 0 N–H and O–H groups in total. The molecule has 0 saturated carbocycles. The summed E-state index contributed by atoms with van der Waals surface area (Å²) >= 11 is 0. The van der Waals surface area contributed by atoms with E-state index in [-0.39, 0.29) is 16.6 Å². The summed E-state index contributed by atoms with van der Waals surface area (Å²) in [4.78, 5) is 11.9. The first-order valence-electron chi connectivity index (χ1n) is 7.40. The van der Waals surface area contributed by atoms with E-state index >= 15 is 0 Å². The van der Waals surface area contributed by atoms with Crippen molar-refractivity contribution in [1.82, 2.24) is 0 Å². The van der Waals surface area contributed by atoms with E-state index in [2.05, 4.69) is 0 Å². The smallest absolute Gasteiger partial charge is 0.338 e. The van der Waals surface area contributed by atoms with Crippen molar-refractivity contribution in [3.05, 3.63) is 23.3 Å². The van der Waals surface area contributed by atoms with Crippen LogP contribution < -0.4 is 4.74 Å². The lowest BCUT2D eigenvalue weighted by molar-refractivity contribution is 0.0599. The minimum atomic E-state index is -3.52. The summed E-state index contributed by atoms with van der Waals surface area (Å²) < 4.78 is 34.7. The first-order valence-corrected chi connectivity index (χ1v) is 9.29. The van der Waals surface area contributed by atoms with Gasteiger partial charge in [0, 0.05) is 6.26 Å². The molecule has 0 aliphatic rings. The fourth-order valence-corrected chi connectivity index (χ4v) is 3.02. The van der Waals surface area contributed by atoms with Crippen LogP contribution in [0.15, 0.2) is 17.0 Å². The third-order valence-electron chi connectivity index (χ3n) is 3.56. The average Bonchev–Trinajstić information content (AvgIpc) is 2.49. The van der Waals surface area contributed by atoms with Gasteiger partial charge in [-0.25, -0.2) is 13.2 Å². The zero-order chi connectivity index (χ0) is 16.9. The van der Waals surface area contributed by atoms with Gasteiger partial charge in [0.1, 0.15) is 10.6 Å². The lowest BCUT2D eigenvalue weighted by Gasteiger charge is -2.20. The molecule has 0 radical (unpaired) electrons. The maximum atomic E-state index is 12.0. The number of hydrogen-bond donors (Lipinski definition) is 0. The number of carbonyl (C=O) groups is 1. The van der Waals surface area contributed by atoms with Crippen molar-refractivity contribution in [3.8, 4) is 5.75 Å². The number of benzene rings is 1. The lowest BCUT2D eigenvalue weighted by atomic mass is 10.0. The second-order valence-electron chi connectivity index (χ2n) is 5.13. The summed E-state index contributed by atoms with van der Waals surface area (Å²) in [5.74, 6) is -0.239. The Morgan fingerprint density at radius 1 is 1.18 bits per heavy atom. The molecule has 0 fully saturated rings. The van der Waals surface area contributed by atoms with Gasteiger partial charge < -0.3 is 9.47 Å². The molecule has 0 aliphatic carbocycles. The Balaban J connectivity index is 3.51. The third kappa shape index (κ3) is 4.22. The van der Waals surface area contributed by atoms with Crippen molar-refractivity contribution >= 4 is 15.8 Å². The van der Waals surface area contributed by atoms with Crippen LogP contribution >= 0.6 is 0 Å². The van der Waals surface area contributed by atoms with Gasteiger partial charge in [-0.15, -0.1) is 0 Å². The van der Waals surface area contributed by atoms with E-state index in [0.717, 1.165) is 19.1 Å². The molecule has 0 spiro atoms. The van der Waals surface area contributed by atoms with E-state index in [1.165, 1.54) is 13.2 Å². The van der Waals surface area contributed by atoms with Gasteiger partial charge in [0.15, 0.2) is 9.84 Å². The van der Waals surface area contributed by atoms with E-state index in [1.807, 2.05) is 20.8 Å². The molecule has 22 heavy (non-hydrogen) atoms. The Kier molecular flexibility index (Phi) is 6.41. The maximum absolute atomic E-state index is 12.0. The van der Waals surface area contributed by atoms with Crippen LogP contribution in [0.25, 0.3) is 0 Å². The van der Waals surface area contributed by atoms with E-state index in [1.54, 1.807) is 6.07 Å². The SMILES string of the molecule is CCc1cc(OC(CC)CC)c(S(C)(=O)=O)cc1C(=O)OC. The summed E-state index contributed by atoms with van der Waals surface area (Å²) in [6.45, 7) is 5.86. The van der Waals surface area contributed by atoms with E-state index in [0.29, 0.717) is 17.7 Å². The van der Waals surface area contributed by atoms with Crippen LogP contribution in [0.1, 0.15) is 49.5 Å². The van der Waals surface area contributed by atoms with Crippen LogP contribution in [0.5, 0.6) is 5.75 Å². The van der Waals surface area contributed by atoms with Crippen LogP contribution in [-0.4, -0.2) is 33.9 Å². The number of sulfone groups is 1. The van der Waals surface area contributed by atoms with Crippen molar-refractivity contribution in [3.63, 3.8) is 0 Å². The van der Waals surface area contributed by atoms with Crippen molar-refractivity contribution in [2.45, 2.75) is 51.0 Å². The molecular weight excluding hydrogens is 304 g/mol. The van der Waals surface area contributed by atoms with E-state index < -0.39 is 15.8 Å². The number of esters is 1. The Morgan fingerprint density at radius 3 is 2.18 bits per heavy atom. The first-order chi connectivity index (χ1) is 10.3. The number of methoxy groups -OCH3 is 1. The van der Waals surface area contributed by atoms with E-state index in [9.17, 15) is 13.2 Å². The maximum Gasteiger partial charge on any atom is 0.338 e. The quantitative estimate of drug-likeness (QED) is 0.720. The summed E-state index contributed by atoms with van der Waals surface area (Å²) in [6, 6.07) is 3.00. The highest BCUT2D eigenvalue weighted by Gasteiger charge is 2.23. The molecule has 0 unspecified atom stereocenters. The molecule has 6 heteroatoms. The van der Waals surface area contributed by atoms with Crippen molar-refractivity contribution in [2.75, 3.05) is 13.4 Å². The van der Waals surface area contributed by atoms with Gasteiger partial charge in [0.25, 0.3) is 0 Å². The van der Waals surface area contributed by atoms with Gasteiger partial charge in [-0.3, -0.25) is 0 Å². The fraction of sp³-hybridized carbons (Fsp3) is 0.562. The standard InChI is InChI=1S/C16H24O5S/c1-6-11-9-14(21-12(7-2)8-3)15(22(5,18)19)10-13(11)16(17)20-4/h9-10,12H,6-8H2,1-5H3. The van der Waals surface area contributed by atoms with Crippen LogP contribution in [0, 0.1) is 0 Å². The van der Waals surface area contributed by atoms with Gasteiger partial charge in [-0.1, -0.05) is 20.8 Å². The summed E-state index contributed by atoms with van der Waals surface area (Å²) in [5.41, 5.74) is 0.975. The highest BCUT2D eigenvalue weighted by atomic mass is 32.2. The highest BCUT2D eigenvalue weighted by molar-refractivity contribution is 7.90. The normalized spacial score (nSPS) is 11.5.